The van der Waals surface area contributed by atoms with Gasteiger partial charge < -0.3 is 15.0 Å². The predicted octanol–water partition coefficient (Wildman–Crippen LogP) is 5.43. The molecule has 3 aromatic carbocycles. The van der Waals surface area contributed by atoms with E-state index in [4.69, 9.17) is 4.74 Å². The molecule has 5 rings (SSSR count). The van der Waals surface area contributed by atoms with E-state index in [1.807, 2.05) is 38.1 Å². The molecule has 2 aliphatic rings. The van der Waals surface area contributed by atoms with Gasteiger partial charge in [-0.3, -0.25) is 14.6 Å². The molecular formula is C39H44N6O3. The van der Waals surface area contributed by atoms with Crippen molar-refractivity contribution in [1.82, 2.24) is 15.1 Å². The van der Waals surface area contributed by atoms with Crippen LogP contribution >= 0.6 is 0 Å². The first kappa shape index (κ1) is 34.5. The van der Waals surface area contributed by atoms with Gasteiger partial charge in [0.1, 0.15) is 17.7 Å². The van der Waals surface area contributed by atoms with Gasteiger partial charge in [-0.1, -0.05) is 60.0 Å². The van der Waals surface area contributed by atoms with Crippen molar-refractivity contribution in [3.8, 4) is 12.1 Å². The van der Waals surface area contributed by atoms with Gasteiger partial charge in [-0.25, -0.2) is 4.79 Å². The zero-order valence-corrected chi connectivity index (χ0v) is 28.2. The summed E-state index contributed by atoms with van der Waals surface area (Å²) >= 11 is 0. The van der Waals surface area contributed by atoms with Crippen LogP contribution in [0.2, 0.25) is 0 Å². The predicted molar refractivity (Wildman–Crippen MR) is 186 cm³/mol. The third-order valence-electron chi connectivity index (χ3n) is 9.11. The summed E-state index contributed by atoms with van der Waals surface area (Å²) in [4.78, 5) is 33.8. The van der Waals surface area contributed by atoms with Gasteiger partial charge >= 0.3 is 5.97 Å². The Morgan fingerprint density at radius 2 is 1.60 bits per heavy atom. The number of carbonyl (C=O) groups excluding carboxylic acids is 2. The van der Waals surface area contributed by atoms with Gasteiger partial charge in [-0.05, 0) is 87.2 Å². The van der Waals surface area contributed by atoms with Gasteiger partial charge in [0.2, 0.25) is 0 Å². The first-order valence-corrected chi connectivity index (χ1v) is 16.7. The van der Waals surface area contributed by atoms with E-state index in [1.165, 1.54) is 26.4 Å². The number of hydrogen-bond acceptors (Lipinski definition) is 8. The van der Waals surface area contributed by atoms with E-state index < -0.39 is 17.9 Å². The maximum absolute atomic E-state index is 15.1. The fourth-order valence-corrected chi connectivity index (χ4v) is 6.90. The van der Waals surface area contributed by atoms with Gasteiger partial charge in [0.15, 0.2) is 0 Å². The van der Waals surface area contributed by atoms with Gasteiger partial charge in [0.05, 0.1) is 24.8 Å². The fraction of sp³-hybridized carbons (Fsp3) is 0.385. The number of piperidine rings is 1. The molecule has 2 aliphatic heterocycles. The molecule has 1 atom stereocenters. The number of esters is 1. The molecule has 48 heavy (non-hydrogen) atoms. The summed E-state index contributed by atoms with van der Waals surface area (Å²) < 4.78 is 4.96. The minimum atomic E-state index is -0.525. The van der Waals surface area contributed by atoms with Gasteiger partial charge in [-0.15, -0.1) is 0 Å². The number of amides is 1. The number of likely N-dealkylation sites (tertiary alicyclic amines) is 1. The molecule has 2 fully saturated rings. The summed E-state index contributed by atoms with van der Waals surface area (Å²) in [6.45, 7) is 9.00. The Bertz CT molecular complexity index is 1700. The highest BCUT2D eigenvalue weighted by molar-refractivity contribution is 6.08. The molecule has 3 aromatic rings. The maximum Gasteiger partial charge on any atom is 0.337 e. The van der Waals surface area contributed by atoms with Gasteiger partial charge in [0, 0.05) is 38.0 Å². The van der Waals surface area contributed by atoms with E-state index in [9.17, 15) is 15.3 Å². The summed E-state index contributed by atoms with van der Waals surface area (Å²) in [5, 5.41) is 23.9. The van der Waals surface area contributed by atoms with Crippen LogP contribution in [-0.4, -0.2) is 67.7 Å². The molecule has 0 aromatic heterocycles. The Morgan fingerprint density at radius 1 is 0.896 bits per heavy atom. The quantitative estimate of drug-likeness (QED) is 0.167. The van der Waals surface area contributed by atoms with Gasteiger partial charge in [0.25, 0.3) is 5.91 Å². The van der Waals surface area contributed by atoms with Crippen molar-refractivity contribution >= 4 is 17.6 Å². The molecule has 0 bridgehead atoms. The number of ether oxygens (including phenoxy) is 1. The highest BCUT2D eigenvalue weighted by atomic mass is 16.5. The summed E-state index contributed by atoms with van der Waals surface area (Å²) in [7, 11) is 1.34. The number of allylic oxidation sites excluding steroid dienone is 1. The van der Waals surface area contributed by atoms with Crippen molar-refractivity contribution < 1.29 is 14.3 Å². The molecule has 9 nitrogen and oxygen atoms in total. The molecule has 0 radical (unpaired) electrons. The molecular weight excluding hydrogens is 600 g/mol. The minimum Gasteiger partial charge on any atom is -0.465 e. The summed E-state index contributed by atoms with van der Waals surface area (Å²) in [6.07, 6.45) is 4.05. The molecule has 1 amide bonds. The molecule has 1 unspecified atom stereocenters. The molecule has 2 heterocycles. The normalized spacial score (nSPS) is 15.6. The average molecular weight is 645 g/mol. The summed E-state index contributed by atoms with van der Waals surface area (Å²) in [5.74, 6) is -0.877. The minimum absolute atomic E-state index is 0.124. The molecule has 1 N–H and O–H groups in total. The number of anilines is 1. The lowest BCUT2D eigenvalue weighted by atomic mass is 9.91. The van der Waals surface area contributed by atoms with E-state index >= 15 is 4.79 Å². The van der Waals surface area contributed by atoms with E-state index in [0.717, 1.165) is 54.0 Å². The third-order valence-corrected chi connectivity index (χ3v) is 9.11. The van der Waals surface area contributed by atoms with Crippen LogP contribution in [0.5, 0.6) is 0 Å². The third kappa shape index (κ3) is 8.56. The smallest absolute Gasteiger partial charge is 0.337 e. The van der Waals surface area contributed by atoms with E-state index in [-0.39, 0.29) is 17.7 Å². The largest absolute Gasteiger partial charge is 0.465 e. The van der Waals surface area contributed by atoms with Crippen LogP contribution in [-0.2, 0) is 29.0 Å². The number of benzene rings is 3. The number of aryl methyl sites for hydroxylation is 2. The Labute approximate surface area is 284 Å². The standard InChI is InChI=1S/C39H44N6O3/c1-28-17-29(2)19-32(18-28)22-36(44-16-13-42-27-44)37(34(23-40)24-41)38(46)45(26-30-9-7-11-33(20-30)39(47)48-3)35-12-8-10-31(21-35)25-43-14-5-4-6-15-43/h7-12,17-21,36,42H,4-6,13-16,22,25-27H2,1-3H3. The molecule has 0 spiro atoms. The van der Waals surface area contributed by atoms with E-state index in [0.29, 0.717) is 30.9 Å². The van der Waals surface area contributed by atoms with Crippen LogP contribution in [0, 0.1) is 36.5 Å². The topological polar surface area (TPSA) is 113 Å². The van der Waals surface area contributed by atoms with Crippen LogP contribution in [0.15, 0.2) is 77.9 Å². The number of nitrogens with zero attached hydrogens (tertiary/aromatic N) is 5. The Hall–Kier alpha value is -4.80. The first-order chi connectivity index (χ1) is 23.3. The number of nitriles is 2. The molecule has 0 saturated carbocycles. The molecule has 0 aliphatic carbocycles. The van der Waals surface area contributed by atoms with Crippen molar-refractivity contribution in [3.05, 3.63) is 111 Å². The van der Waals surface area contributed by atoms with Crippen LogP contribution in [0.1, 0.15) is 57.4 Å². The fourth-order valence-electron chi connectivity index (χ4n) is 6.90. The zero-order chi connectivity index (χ0) is 34.0. The lowest BCUT2D eigenvalue weighted by Crippen LogP contribution is -2.44. The highest BCUT2D eigenvalue weighted by Crippen LogP contribution is 2.29. The molecule has 248 valence electrons. The molecule has 9 heteroatoms. The second kappa shape index (κ2) is 16.3. The first-order valence-electron chi connectivity index (χ1n) is 16.7. The SMILES string of the molecule is COC(=O)c1cccc(CN(C(=O)C(=C(C#N)C#N)C(Cc2cc(C)cc(C)c2)N2CCNC2)c2cccc(CN3CCCCC3)c2)c1. The second-order valence-electron chi connectivity index (χ2n) is 12.8. The van der Waals surface area contributed by atoms with Crippen LogP contribution in [0.3, 0.4) is 0 Å². The lowest BCUT2D eigenvalue weighted by molar-refractivity contribution is -0.116. The lowest BCUT2D eigenvalue weighted by Gasteiger charge is -2.33. The van der Waals surface area contributed by atoms with Crippen molar-refractivity contribution in [1.29, 1.82) is 10.5 Å². The summed E-state index contributed by atoms with van der Waals surface area (Å²) in [5.41, 5.74) is 6.07. The maximum atomic E-state index is 15.1. The van der Waals surface area contributed by atoms with Crippen molar-refractivity contribution in [2.45, 2.75) is 58.7 Å². The number of methoxy groups -OCH3 is 1. The van der Waals surface area contributed by atoms with E-state index in [1.54, 1.807) is 23.1 Å². The van der Waals surface area contributed by atoms with Gasteiger partial charge in [-0.2, -0.15) is 10.5 Å². The number of nitrogens with one attached hydrogen (secondary N) is 1. The monoisotopic (exact) mass is 644 g/mol. The van der Waals surface area contributed by atoms with E-state index in [2.05, 4.69) is 51.5 Å². The zero-order valence-electron chi connectivity index (χ0n) is 28.2. The van der Waals surface area contributed by atoms with Crippen molar-refractivity contribution in [2.75, 3.05) is 44.9 Å². The van der Waals surface area contributed by atoms with Crippen LogP contribution in [0.25, 0.3) is 0 Å². The number of carbonyl (C=O) groups is 2. The van der Waals surface area contributed by atoms with Crippen molar-refractivity contribution in [2.24, 2.45) is 0 Å². The Kier molecular flexibility index (Phi) is 11.8. The summed E-state index contributed by atoms with van der Waals surface area (Å²) in [6, 6.07) is 24.9. The second-order valence-corrected chi connectivity index (χ2v) is 12.8. The van der Waals surface area contributed by atoms with Crippen LogP contribution in [0.4, 0.5) is 5.69 Å². The van der Waals surface area contributed by atoms with Crippen LogP contribution < -0.4 is 10.2 Å². The molecule has 2 saturated heterocycles. The van der Waals surface area contributed by atoms with Crippen molar-refractivity contribution in [3.63, 3.8) is 0 Å². The Morgan fingerprint density at radius 3 is 2.27 bits per heavy atom. The highest BCUT2D eigenvalue weighted by Gasteiger charge is 2.35. The average Bonchev–Trinajstić information content (AvgIpc) is 3.63. The Balaban J connectivity index is 1.61. The number of hydrogen-bond donors (Lipinski definition) is 1. The number of rotatable bonds is 11.